The van der Waals surface area contributed by atoms with E-state index in [9.17, 15) is 4.79 Å². The van der Waals surface area contributed by atoms with E-state index < -0.39 is 0 Å². The first kappa shape index (κ1) is 23.9. The highest BCUT2D eigenvalue weighted by Crippen LogP contribution is 2.39. The van der Waals surface area contributed by atoms with Crippen molar-refractivity contribution >= 4 is 22.4 Å². The molecular weight excluding hydrogens is 402 g/mol. The van der Waals surface area contributed by atoms with E-state index in [1.165, 1.54) is 37.0 Å². The minimum atomic E-state index is -0.286. The number of nitrogens with zero attached hydrogens (tertiary/aromatic N) is 2. The topological polar surface area (TPSA) is 82.6 Å². The Kier molecular flexibility index (Phi) is 10.4. The zero-order valence-corrected chi connectivity index (χ0v) is 19.3. The number of hydrogen-bond donors (Lipinski definition) is 1. The van der Waals surface area contributed by atoms with Crippen molar-refractivity contribution < 1.29 is 19.0 Å². The van der Waals surface area contributed by atoms with E-state index in [2.05, 4.69) is 22.4 Å². The maximum atomic E-state index is 12.8. The molecular formula is C22H33N3O4S. The number of rotatable bonds is 14. The second-order valence-corrected chi connectivity index (χ2v) is 7.78. The van der Waals surface area contributed by atoms with E-state index in [1.54, 1.807) is 12.1 Å². The van der Waals surface area contributed by atoms with Gasteiger partial charge in [-0.05, 0) is 39.3 Å². The molecule has 0 radical (unpaired) electrons. The number of carbonyl (C=O) groups is 1. The van der Waals surface area contributed by atoms with Crippen LogP contribution in [0.5, 0.6) is 17.2 Å². The number of unbranched alkanes of at least 4 members (excludes halogenated alkanes) is 4. The fraction of sp³-hybridized carbons (Fsp3) is 0.591. The average Bonchev–Trinajstić information content (AvgIpc) is 3.17. The average molecular weight is 436 g/mol. The Morgan fingerprint density at radius 2 is 1.53 bits per heavy atom. The van der Waals surface area contributed by atoms with Crippen LogP contribution in [0.15, 0.2) is 12.1 Å². The van der Waals surface area contributed by atoms with Crippen LogP contribution in [0.3, 0.4) is 0 Å². The van der Waals surface area contributed by atoms with Crippen LogP contribution in [0.1, 0.15) is 75.2 Å². The molecule has 1 aromatic heterocycles. The van der Waals surface area contributed by atoms with Crippen molar-refractivity contribution in [2.75, 3.05) is 25.1 Å². The maximum Gasteiger partial charge on any atom is 0.257 e. The molecule has 166 valence electrons. The molecule has 2 rings (SSSR count). The Hall–Kier alpha value is -2.35. The van der Waals surface area contributed by atoms with Crippen LogP contribution >= 0.6 is 11.3 Å². The molecule has 0 fully saturated rings. The number of amides is 1. The zero-order chi connectivity index (χ0) is 21.8. The number of anilines is 1. The lowest BCUT2D eigenvalue weighted by molar-refractivity contribution is 0.102. The first-order valence-electron chi connectivity index (χ1n) is 10.8. The summed E-state index contributed by atoms with van der Waals surface area (Å²) in [5.74, 6) is 1.20. The van der Waals surface area contributed by atoms with Gasteiger partial charge in [0.15, 0.2) is 11.5 Å². The van der Waals surface area contributed by atoms with Gasteiger partial charge in [-0.15, -0.1) is 10.2 Å². The summed E-state index contributed by atoms with van der Waals surface area (Å²) in [6.07, 6.45) is 6.94. The van der Waals surface area contributed by atoms with E-state index in [0.29, 0.717) is 47.8 Å². The van der Waals surface area contributed by atoms with E-state index >= 15 is 0 Å². The third kappa shape index (κ3) is 7.16. The molecule has 0 saturated heterocycles. The molecule has 8 heteroatoms. The Morgan fingerprint density at radius 1 is 0.900 bits per heavy atom. The minimum Gasteiger partial charge on any atom is -0.490 e. The Balaban J connectivity index is 2.09. The highest BCUT2D eigenvalue weighted by molar-refractivity contribution is 7.15. The van der Waals surface area contributed by atoms with E-state index in [4.69, 9.17) is 14.2 Å². The first-order chi connectivity index (χ1) is 14.6. The third-order valence-corrected chi connectivity index (χ3v) is 5.25. The molecule has 0 atom stereocenters. The van der Waals surface area contributed by atoms with Gasteiger partial charge in [0.1, 0.15) is 5.01 Å². The molecule has 0 spiro atoms. The van der Waals surface area contributed by atoms with Gasteiger partial charge >= 0.3 is 0 Å². The largest absolute Gasteiger partial charge is 0.490 e. The Labute approximate surface area is 183 Å². The number of carbonyl (C=O) groups excluding carboxylic acids is 1. The van der Waals surface area contributed by atoms with Gasteiger partial charge in [0.2, 0.25) is 10.9 Å². The SMILES string of the molecule is CCCCCCCc1nnc(NC(=O)c2cc(OCC)c(OCC)c(OCC)c2)s1. The van der Waals surface area contributed by atoms with Crippen LogP contribution in [-0.2, 0) is 6.42 Å². The number of aromatic nitrogens is 2. The summed E-state index contributed by atoms with van der Waals surface area (Å²) in [4.78, 5) is 12.8. The standard InChI is InChI=1S/C22H33N3O4S/c1-5-9-10-11-12-13-19-24-25-22(30-19)23-21(26)16-14-17(27-6-2)20(29-8-4)18(15-16)28-7-3/h14-15H,5-13H2,1-4H3,(H,23,25,26). The van der Waals surface area contributed by atoms with E-state index in [-0.39, 0.29) is 5.91 Å². The highest BCUT2D eigenvalue weighted by Gasteiger charge is 2.19. The summed E-state index contributed by atoms with van der Waals surface area (Å²) < 4.78 is 17.1. The lowest BCUT2D eigenvalue weighted by Gasteiger charge is -2.16. The molecule has 0 aliphatic rings. The summed E-state index contributed by atoms with van der Waals surface area (Å²) >= 11 is 1.42. The lowest BCUT2D eigenvalue weighted by Crippen LogP contribution is -2.13. The molecule has 2 aromatic rings. The molecule has 0 bridgehead atoms. The van der Waals surface area contributed by atoms with Gasteiger partial charge in [-0.3, -0.25) is 10.1 Å². The summed E-state index contributed by atoms with van der Waals surface area (Å²) in [6.45, 7) is 9.24. The van der Waals surface area contributed by atoms with Crippen LogP contribution in [0, 0.1) is 0 Å². The van der Waals surface area contributed by atoms with Crippen LogP contribution < -0.4 is 19.5 Å². The molecule has 7 nitrogen and oxygen atoms in total. The first-order valence-corrected chi connectivity index (χ1v) is 11.6. The molecule has 1 N–H and O–H groups in total. The zero-order valence-electron chi connectivity index (χ0n) is 18.5. The number of hydrogen-bond acceptors (Lipinski definition) is 7. The van der Waals surface area contributed by atoms with Crippen LogP contribution in [0.25, 0.3) is 0 Å². The van der Waals surface area contributed by atoms with Crippen molar-refractivity contribution in [1.29, 1.82) is 0 Å². The molecule has 0 unspecified atom stereocenters. The highest BCUT2D eigenvalue weighted by atomic mass is 32.1. The lowest BCUT2D eigenvalue weighted by atomic mass is 10.1. The summed E-state index contributed by atoms with van der Waals surface area (Å²) in [5.41, 5.74) is 0.418. The molecule has 1 heterocycles. The number of aryl methyl sites for hydroxylation is 1. The van der Waals surface area contributed by atoms with E-state index in [0.717, 1.165) is 17.8 Å². The molecule has 0 saturated carbocycles. The van der Waals surface area contributed by atoms with Gasteiger partial charge < -0.3 is 14.2 Å². The third-order valence-electron chi connectivity index (χ3n) is 4.35. The van der Waals surface area contributed by atoms with Gasteiger partial charge in [0.05, 0.1) is 19.8 Å². The number of nitrogens with one attached hydrogen (secondary N) is 1. The van der Waals surface area contributed by atoms with Crippen molar-refractivity contribution in [2.45, 2.75) is 66.2 Å². The minimum absolute atomic E-state index is 0.286. The van der Waals surface area contributed by atoms with Crippen LogP contribution in [0.4, 0.5) is 5.13 Å². The Morgan fingerprint density at radius 3 is 2.13 bits per heavy atom. The molecule has 0 aliphatic heterocycles. The molecule has 1 amide bonds. The van der Waals surface area contributed by atoms with Gasteiger partial charge in [-0.1, -0.05) is 43.9 Å². The Bertz CT molecular complexity index is 767. The second kappa shape index (κ2) is 13.1. The summed E-state index contributed by atoms with van der Waals surface area (Å²) in [5, 5.41) is 12.6. The van der Waals surface area contributed by atoms with Gasteiger partial charge in [-0.25, -0.2) is 0 Å². The van der Waals surface area contributed by atoms with Crippen molar-refractivity contribution in [2.24, 2.45) is 0 Å². The summed E-state index contributed by atoms with van der Waals surface area (Å²) in [6, 6.07) is 3.34. The van der Waals surface area contributed by atoms with Crippen molar-refractivity contribution in [1.82, 2.24) is 10.2 Å². The van der Waals surface area contributed by atoms with Crippen molar-refractivity contribution in [3.05, 3.63) is 22.7 Å². The van der Waals surface area contributed by atoms with Crippen LogP contribution in [0.2, 0.25) is 0 Å². The monoisotopic (exact) mass is 435 g/mol. The smallest absolute Gasteiger partial charge is 0.257 e. The number of benzene rings is 1. The maximum absolute atomic E-state index is 12.8. The molecule has 0 aliphatic carbocycles. The molecule has 1 aromatic carbocycles. The normalized spacial score (nSPS) is 10.7. The summed E-state index contributed by atoms with van der Waals surface area (Å²) in [7, 11) is 0. The van der Waals surface area contributed by atoms with Gasteiger partial charge in [-0.2, -0.15) is 0 Å². The predicted octanol–water partition coefficient (Wildman–Crippen LogP) is 5.50. The second-order valence-electron chi connectivity index (χ2n) is 6.72. The predicted molar refractivity (Wildman–Crippen MR) is 120 cm³/mol. The quantitative estimate of drug-likeness (QED) is 0.395. The molecule has 30 heavy (non-hydrogen) atoms. The fourth-order valence-corrected chi connectivity index (χ4v) is 3.75. The van der Waals surface area contributed by atoms with E-state index in [1.807, 2.05) is 20.8 Å². The van der Waals surface area contributed by atoms with Crippen molar-refractivity contribution in [3.63, 3.8) is 0 Å². The van der Waals surface area contributed by atoms with Gasteiger partial charge in [0, 0.05) is 12.0 Å². The number of ether oxygens (including phenoxy) is 3. The fourth-order valence-electron chi connectivity index (χ4n) is 2.97. The van der Waals surface area contributed by atoms with Gasteiger partial charge in [0.25, 0.3) is 5.91 Å². The van der Waals surface area contributed by atoms with Crippen molar-refractivity contribution in [3.8, 4) is 17.2 Å². The van der Waals surface area contributed by atoms with Crippen LogP contribution in [-0.4, -0.2) is 35.9 Å².